The van der Waals surface area contributed by atoms with Crippen LogP contribution in [0.4, 0.5) is 8.78 Å². The fourth-order valence-electron chi connectivity index (χ4n) is 5.39. The number of piperazine rings is 1. The van der Waals surface area contributed by atoms with E-state index in [-0.39, 0.29) is 48.6 Å². The highest BCUT2D eigenvalue weighted by atomic mass is 32.2. The third-order valence-electron chi connectivity index (χ3n) is 7.46. The maximum absolute atomic E-state index is 15.0. The third kappa shape index (κ3) is 7.50. The summed E-state index contributed by atoms with van der Waals surface area (Å²) < 4.78 is 42.0. The molecule has 1 saturated heterocycles. The number of nitrogens with one attached hydrogen (secondary N) is 1. The van der Waals surface area contributed by atoms with E-state index >= 15 is 0 Å². The molecule has 0 aliphatic carbocycles. The Balaban J connectivity index is 1.57. The second kappa shape index (κ2) is 14.2. The molecule has 42 heavy (non-hydrogen) atoms. The smallest absolute Gasteiger partial charge is 0.244 e. The number of hydrogen-bond donors (Lipinski definition) is 1. The number of nitrogens with zero attached hydrogens (tertiary/aromatic N) is 4. The molecule has 1 aliphatic rings. The number of hydrogen-bond acceptors (Lipinski definition) is 6. The summed E-state index contributed by atoms with van der Waals surface area (Å²) in [7, 11) is 0. The summed E-state index contributed by atoms with van der Waals surface area (Å²) in [4.78, 5) is 38.9. The zero-order chi connectivity index (χ0) is 30.4. The van der Waals surface area contributed by atoms with Gasteiger partial charge >= 0.3 is 0 Å². The molecule has 4 rings (SSSR count). The Morgan fingerprint density at radius 3 is 2.29 bits per heavy atom. The molecule has 0 radical (unpaired) electrons. The molecule has 8 nitrogen and oxygen atoms in total. The number of amides is 2. The van der Waals surface area contributed by atoms with Gasteiger partial charge in [-0.05, 0) is 30.7 Å². The fraction of sp³-hybridized carbons (Fsp3) is 0.419. The normalized spacial score (nSPS) is 19.0. The molecular weight excluding hydrogens is 560 g/mol. The van der Waals surface area contributed by atoms with E-state index in [2.05, 4.69) is 15.3 Å². The highest BCUT2D eigenvalue weighted by Gasteiger charge is 2.43. The highest BCUT2D eigenvalue weighted by Crippen LogP contribution is 2.33. The Labute approximate surface area is 248 Å². The first kappa shape index (κ1) is 31.5. The Morgan fingerprint density at radius 1 is 1.05 bits per heavy atom. The van der Waals surface area contributed by atoms with E-state index < -0.39 is 40.9 Å². The molecular formula is C31H37F2N5O3S. The number of halogens is 2. The van der Waals surface area contributed by atoms with Crippen LogP contribution in [-0.2, 0) is 27.3 Å². The number of benzene rings is 2. The van der Waals surface area contributed by atoms with Crippen LogP contribution in [0.1, 0.15) is 44.4 Å². The Bertz CT molecular complexity index is 1340. The lowest BCUT2D eigenvalue weighted by atomic mass is 9.96. The molecule has 1 unspecified atom stereocenters. The first-order chi connectivity index (χ1) is 20.1. The average Bonchev–Trinajstić information content (AvgIpc) is 2.97. The van der Waals surface area contributed by atoms with Crippen LogP contribution in [0.25, 0.3) is 11.4 Å². The first-order valence-corrected chi connectivity index (χ1v) is 15.7. The zero-order valence-electron chi connectivity index (χ0n) is 24.3. The molecule has 3 aromatic rings. The molecule has 1 aromatic heterocycles. The van der Waals surface area contributed by atoms with Crippen molar-refractivity contribution in [1.29, 1.82) is 0 Å². The third-order valence-corrected chi connectivity index (χ3v) is 8.28. The average molecular weight is 598 g/mol. The largest absolute Gasteiger partial charge is 0.617 e. The van der Waals surface area contributed by atoms with E-state index in [9.17, 15) is 22.9 Å². The van der Waals surface area contributed by atoms with Gasteiger partial charge in [0, 0.05) is 67.6 Å². The molecule has 2 aromatic carbocycles. The minimum absolute atomic E-state index is 0.0771. The van der Waals surface area contributed by atoms with Gasteiger partial charge in [0.15, 0.2) is 5.82 Å². The summed E-state index contributed by atoms with van der Waals surface area (Å²) in [6, 6.07) is 10.9. The Morgan fingerprint density at radius 2 is 1.69 bits per heavy atom. The Kier molecular flexibility index (Phi) is 10.6. The van der Waals surface area contributed by atoms with Gasteiger partial charge in [0.05, 0.1) is 6.26 Å². The number of carbonyl (C=O) groups is 2. The fourth-order valence-corrected chi connectivity index (χ4v) is 5.95. The molecule has 0 spiro atoms. The number of carbonyl (C=O) groups excluding carboxylic acids is 2. The summed E-state index contributed by atoms with van der Waals surface area (Å²) in [6.07, 6.45) is 5.12. The van der Waals surface area contributed by atoms with Gasteiger partial charge in [-0.1, -0.05) is 55.4 Å². The molecule has 0 bridgehead atoms. The van der Waals surface area contributed by atoms with Gasteiger partial charge in [-0.25, -0.2) is 18.7 Å². The monoisotopic (exact) mass is 597 g/mol. The van der Waals surface area contributed by atoms with Gasteiger partial charge in [0.2, 0.25) is 11.8 Å². The van der Waals surface area contributed by atoms with Crippen molar-refractivity contribution >= 4 is 23.0 Å². The van der Waals surface area contributed by atoms with E-state index in [0.717, 1.165) is 11.1 Å². The molecule has 1 aliphatic heterocycles. The van der Waals surface area contributed by atoms with Gasteiger partial charge in [0.1, 0.15) is 23.4 Å². The molecule has 2 heterocycles. The van der Waals surface area contributed by atoms with Gasteiger partial charge in [-0.2, -0.15) is 0 Å². The summed E-state index contributed by atoms with van der Waals surface area (Å²) in [5.74, 6) is -1.43. The topological polar surface area (TPSA) is 101 Å². The lowest BCUT2D eigenvalue weighted by Crippen LogP contribution is -2.65. The van der Waals surface area contributed by atoms with Crippen molar-refractivity contribution < 1.29 is 22.9 Å². The van der Waals surface area contributed by atoms with E-state index in [1.807, 2.05) is 36.1 Å². The predicted octanol–water partition coefficient (Wildman–Crippen LogP) is 4.11. The molecule has 1 N–H and O–H groups in total. The number of aromatic nitrogens is 2. The van der Waals surface area contributed by atoms with E-state index in [0.29, 0.717) is 12.4 Å². The van der Waals surface area contributed by atoms with Crippen LogP contribution in [-0.4, -0.2) is 73.3 Å². The quantitative estimate of drug-likeness (QED) is 0.353. The lowest BCUT2D eigenvalue weighted by molar-refractivity contribution is -0.151. The van der Waals surface area contributed by atoms with Crippen molar-refractivity contribution in [2.24, 2.45) is 5.92 Å². The molecule has 1 fully saturated rings. The summed E-state index contributed by atoms with van der Waals surface area (Å²) in [6.45, 7) is 6.01. The van der Waals surface area contributed by atoms with Crippen molar-refractivity contribution in [2.75, 3.05) is 25.1 Å². The number of rotatable bonds is 10. The minimum atomic E-state index is -1.19. The first-order valence-electron chi connectivity index (χ1n) is 14.0. The SMILES string of the molecule is CC(C)C(=O)N1[C@H](C)CN([C@H](CC[S+](C)[O-])c2c(F)cccc2F)C[C@@H]1C(=O)NCc1ccc(-c2ncccn2)cc1. The Hall–Kier alpha value is -3.41. The predicted molar refractivity (Wildman–Crippen MR) is 158 cm³/mol. The van der Waals surface area contributed by atoms with Crippen LogP contribution >= 0.6 is 0 Å². The maximum atomic E-state index is 15.0. The van der Waals surface area contributed by atoms with Crippen LogP contribution in [0.2, 0.25) is 0 Å². The van der Waals surface area contributed by atoms with E-state index in [1.54, 1.807) is 43.5 Å². The second-order valence-corrected chi connectivity index (χ2v) is 12.5. The van der Waals surface area contributed by atoms with Crippen LogP contribution in [0.15, 0.2) is 60.9 Å². The molecule has 11 heteroatoms. The van der Waals surface area contributed by atoms with E-state index in [1.165, 1.54) is 18.2 Å². The summed E-state index contributed by atoms with van der Waals surface area (Å²) >= 11 is -1.19. The van der Waals surface area contributed by atoms with Crippen molar-refractivity contribution in [3.8, 4) is 11.4 Å². The van der Waals surface area contributed by atoms with Gasteiger partial charge in [-0.3, -0.25) is 14.5 Å². The summed E-state index contributed by atoms with van der Waals surface area (Å²) in [5.41, 5.74) is 1.58. The standard InChI is InChI=1S/C31H37F2N5O3S/c1-20(2)31(40)38-21(3)18-37(26(13-16-42(4)41)28-24(32)7-5-8-25(28)33)19-27(38)30(39)36-17-22-9-11-23(12-10-22)29-34-14-6-15-35-29/h5-12,14-15,20-21,26-27H,13,16-19H2,1-4H3,(H,36,39)/t21-,26-,27-,42?/m1/s1. The van der Waals surface area contributed by atoms with E-state index in [4.69, 9.17) is 0 Å². The lowest BCUT2D eigenvalue weighted by Gasteiger charge is -2.48. The zero-order valence-corrected chi connectivity index (χ0v) is 25.1. The molecule has 224 valence electrons. The van der Waals surface area contributed by atoms with Crippen molar-refractivity contribution in [2.45, 2.75) is 51.9 Å². The summed E-state index contributed by atoms with van der Waals surface area (Å²) in [5, 5.41) is 2.96. The van der Waals surface area contributed by atoms with Crippen LogP contribution in [0.3, 0.4) is 0 Å². The second-order valence-electron chi connectivity index (χ2n) is 10.9. The maximum Gasteiger partial charge on any atom is 0.244 e. The highest BCUT2D eigenvalue weighted by molar-refractivity contribution is 7.90. The van der Waals surface area contributed by atoms with Gasteiger partial charge in [0.25, 0.3) is 0 Å². The van der Waals surface area contributed by atoms with Gasteiger partial charge in [-0.15, -0.1) is 0 Å². The van der Waals surface area contributed by atoms with Gasteiger partial charge < -0.3 is 14.8 Å². The molecule has 2 amide bonds. The van der Waals surface area contributed by atoms with Crippen LogP contribution in [0, 0.1) is 17.6 Å². The minimum Gasteiger partial charge on any atom is -0.617 e. The van der Waals surface area contributed by atoms with Crippen molar-refractivity contribution in [1.82, 2.24) is 25.1 Å². The molecule has 0 saturated carbocycles. The van der Waals surface area contributed by atoms with Crippen molar-refractivity contribution in [3.63, 3.8) is 0 Å². The molecule has 4 atom stereocenters. The van der Waals surface area contributed by atoms with Crippen LogP contribution < -0.4 is 5.32 Å². The van der Waals surface area contributed by atoms with Crippen LogP contribution in [0.5, 0.6) is 0 Å². The van der Waals surface area contributed by atoms with Crippen molar-refractivity contribution in [3.05, 3.63) is 83.7 Å².